The average Bonchev–Trinajstić information content (AvgIpc) is 2.35. The van der Waals surface area contributed by atoms with Crippen LogP contribution in [-0.2, 0) is 4.79 Å². The first kappa shape index (κ1) is 15.8. The molecular formula is C12H14F2N2O4. The van der Waals surface area contributed by atoms with Gasteiger partial charge in [-0.15, -0.1) is 0 Å². The Morgan fingerprint density at radius 2 is 1.95 bits per heavy atom. The maximum absolute atomic E-state index is 13.5. The van der Waals surface area contributed by atoms with Crippen molar-refractivity contribution in [2.75, 3.05) is 11.9 Å². The predicted octanol–water partition coefficient (Wildman–Crippen LogP) is 1.23. The van der Waals surface area contributed by atoms with Gasteiger partial charge in [0, 0.05) is 19.1 Å². The van der Waals surface area contributed by atoms with Crippen LogP contribution in [0.15, 0.2) is 12.1 Å². The van der Waals surface area contributed by atoms with Crippen LogP contribution in [0.2, 0.25) is 0 Å². The summed E-state index contributed by atoms with van der Waals surface area (Å²) in [6.45, 7) is 0.925. The Hall–Kier alpha value is -2.22. The number of urea groups is 1. The van der Waals surface area contributed by atoms with Crippen molar-refractivity contribution in [2.45, 2.75) is 19.4 Å². The largest absolute Gasteiger partial charge is 0.480 e. The van der Waals surface area contributed by atoms with Gasteiger partial charge in [-0.1, -0.05) is 0 Å². The average molecular weight is 288 g/mol. The number of anilines is 1. The normalized spacial score (nSPS) is 11.8. The van der Waals surface area contributed by atoms with Crippen LogP contribution in [0.5, 0.6) is 0 Å². The highest BCUT2D eigenvalue weighted by Gasteiger charge is 2.20. The molecular weight excluding hydrogens is 274 g/mol. The fourth-order valence-electron chi connectivity index (χ4n) is 1.45. The zero-order valence-corrected chi connectivity index (χ0v) is 10.6. The number of hydrogen-bond donors (Lipinski definition) is 4. The van der Waals surface area contributed by atoms with Crippen LogP contribution in [0.1, 0.15) is 12.0 Å². The second-order valence-corrected chi connectivity index (χ2v) is 4.08. The van der Waals surface area contributed by atoms with E-state index < -0.39 is 42.0 Å². The third kappa shape index (κ3) is 4.16. The van der Waals surface area contributed by atoms with Crippen molar-refractivity contribution in [1.82, 2.24) is 5.32 Å². The van der Waals surface area contributed by atoms with E-state index >= 15 is 0 Å². The number of halogens is 2. The zero-order chi connectivity index (χ0) is 15.3. The van der Waals surface area contributed by atoms with Gasteiger partial charge in [-0.2, -0.15) is 0 Å². The van der Waals surface area contributed by atoms with Crippen LogP contribution >= 0.6 is 0 Å². The van der Waals surface area contributed by atoms with Gasteiger partial charge in [0.1, 0.15) is 17.7 Å². The second-order valence-electron chi connectivity index (χ2n) is 4.08. The topological polar surface area (TPSA) is 98.7 Å². The lowest BCUT2D eigenvalue weighted by Gasteiger charge is -2.14. The number of aliphatic hydroxyl groups is 1. The Balaban J connectivity index is 2.75. The number of aliphatic hydroxyl groups excluding tert-OH is 1. The number of amides is 2. The van der Waals surface area contributed by atoms with Crippen LogP contribution in [-0.4, -0.2) is 34.9 Å². The number of nitrogens with one attached hydrogen (secondary N) is 2. The molecule has 1 aromatic carbocycles. The number of aryl methyl sites for hydroxylation is 1. The monoisotopic (exact) mass is 288 g/mol. The summed E-state index contributed by atoms with van der Waals surface area (Å²) in [6, 6.07) is -0.620. The highest BCUT2D eigenvalue weighted by Crippen LogP contribution is 2.18. The molecule has 6 nitrogen and oxygen atoms in total. The van der Waals surface area contributed by atoms with E-state index in [1.54, 1.807) is 0 Å². The number of carboxylic acids is 1. The lowest BCUT2D eigenvalue weighted by atomic mass is 10.2. The molecule has 20 heavy (non-hydrogen) atoms. The lowest BCUT2D eigenvalue weighted by Crippen LogP contribution is -2.43. The lowest BCUT2D eigenvalue weighted by molar-refractivity contribution is -0.139. The van der Waals surface area contributed by atoms with Crippen LogP contribution in [0.4, 0.5) is 19.3 Å². The molecule has 0 saturated carbocycles. The molecule has 0 bridgehead atoms. The maximum Gasteiger partial charge on any atom is 0.326 e. The minimum Gasteiger partial charge on any atom is -0.480 e. The minimum atomic E-state index is -1.34. The fourth-order valence-corrected chi connectivity index (χ4v) is 1.45. The molecule has 0 aromatic heterocycles. The highest BCUT2D eigenvalue weighted by molar-refractivity contribution is 5.92. The van der Waals surface area contributed by atoms with Gasteiger partial charge < -0.3 is 20.8 Å². The smallest absolute Gasteiger partial charge is 0.326 e. The molecule has 2 amide bonds. The summed E-state index contributed by atoms with van der Waals surface area (Å²) in [7, 11) is 0. The van der Waals surface area contributed by atoms with E-state index in [1.165, 1.54) is 6.92 Å². The van der Waals surface area contributed by atoms with E-state index in [0.717, 1.165) is 12.1 Å². The zero-order valence-electron chi connectivity index (χ0n) is 10.6. The highest BCUT2D eigenvalue weighted by atomic mass is 19.1. The molecule has 0 spiro atoms. The number of rotatable bonds is 5. The van der Waals surface area contributed by atoms with E-state index in [1.807, 2.05) is 10.6 Å². The molecule has 0 saturated heterocycles. The molecule has 1 aromatic rings. The van der Waals surface area contributed by atoms with E-state index in [4.69, 9.17) is 10.2 Å². The molecule has 0 fully saturated rings. The molecule has 0 unspecified atom stereocenters. The molecule has 1 atom stereocenters. The first-order chi connectivity index (χ1) is 9.35. The summed E-state index contributed by atoms with van der Waals surface area (Å²) >= 11 is 0. The minimum absolute atomic E-state index is 0.0807. The molecule has 0 aliphatic rings. The van der Waals surface area contributed by atoms with Crippen molar-refractivity contribution in [3.05, 3.63) is 29.3 Å². The molecule has 1 rings (SSSR count). The van der Waals surface area contributed by atoms with Gasteiger partial charge in [0.2, 0.25) is 0 Å². The van der Waals surface area contributed by atoms with Crippen molar-refractivity contribution in [2.24, 2.45) is 0 Å². The van der Waals surface area contributed by atoms with Crippen LogP contribution in [0, 0.1) is 18.6 Å². The quantitative estimate of drug-likeness (QED) is 0.655. The van der Waals surface area contributed by atoms with E-state index in [-0.39, 0.29) is 12.0 Å². The van der Waals surface area contributed by atoms with Crippen molar-refractivity contribution in [3.8, 4) is 0 Å². The van der Waals surface area contributed by atoms with E-state index in [2.05, 4.69) is 0 Å². The Morgan fingerprint density at radius 1 is 1.30 bits per heavy atom. The predicted molar refractivity (Wildman–Crippen MR) is 66.4 cm³/mol. The summed E-state index contributed by atoms with van der Waals surface area (Å²) in [5, 5.41) is 21.5. The van der Waals surface area contributed by atoms with Crippen molar-refractivity contribution in [1.29, 1.82) is 0 Å². The standard InChI is InChI=1S/C12H14F2N2O4/c1-6-4-8(14)10(5-7(6)13)16-12(20)15-9(2-3-17)11(18)19/h4-5,9,17H,2-3H2,1H3,(H,18,19)(H2,15,16,20)/t9-/m1/s1. The van der Waals surface area contributed by atoms with Crippen LogP contribution in [0.3, 0.4) is 0 Å². The Bertz CT molecular complexity index is 522. The number of carbonyl (C=O) groups is 2. The van der Waals surface area contributed by atoms with E-state index in [0.29, 0.717) is 0 Å². The van der Waals surface area contributed by atoms with Gasteiger partial charge in [0.15, 0.2) is 0 Å². The first-order valence-electron chi connectivity index (χ1n) is 5.72. The van der Waals surface area contributed by atoms with Crippen molar-refractivity contribution in [3.63, 3.8) is 0 Å². The fraction of sp³-hybridized carbons (Fsp3) is 0.333. The van der Waals surface area contributed by atoms with Crippen molar-refractivity contribution < 1.29 is 28.6 Å². The number of benzene rings is 1. The molecule has 0 aliphatic carbocycles. The molecule has 8 heteroatoms. The summed E-state index contributed by atoms with van der Waals surface area (Å²) < 4.78 is 26.7. The number of carbonyl (C=O) groups excluding carboxylic acids is 1. The third-order valence-electron chi connectivity index (χ3n) is 2.52. The molecule has 0 aliphatic heterocycles. The van der Waals surface area contributed by atoms with Gasteiger partial charge >= 0.3 is 12.0 Å². The summed E-state index contributed by atoms with van der Waals surface area (Å²) in [5.41, 5.74) is -0.323. The van der Waals surface area contributed by atoms with Gasteiger partial charge in [0.05, 0.1) is 5.69 Å². The SMILES string of the molecule is Cc1cc(F)c(NC(=O)N[C@H](CCO)C(=O)O)cc1F. The van der Waals surface area contributed by atoms with Gasteiger partial charge in [0.25, 0.3) is 0 Å². The molecule has 110 valence electrons. The number of carboxylic acid groups (broad SMARTS) is 1. The Labute approximate surface area is 113 Å². The summed E-state index contributed by atoms with van der Waals surface area (Å²) in [6.07, 6.45) is -0.201. The van der Waals surface area contributed by atoms with Gasteiger partial charge in [-0.3, -0.25) is 0 Å². The van der Waals surface area contributed by atoms with Crippen LogP contribution in [0.25, 0.3) is 0 Å². The number of aliphatic carboxylic acids is 1. The summed E-state index contributed by atoms with van der Waals surface area (Å²) in [4.78, 5) is 22.2. The third-order valence-corrected chi connectivity index (χ3v) is 2.52. The van der Waals surface area contributed by atoms with Gasteiger partial charge in [-0.05, 0) is 18.6 Å². The second kappa shape index (κ2) is 6.80. The molecule has 0 radical (unpaired) electrons. The van der Waals surface area contributed by atoms with Crippen molar-refractivity contribution >= 4 is 17.7 Å². The maximum atomic E-state index is 13.5. The summed E-state index contributed by atoms with van der Waals surface area (Å²) in [5.74, 6) is -2.88. The Morgan fingerprint density at radius 3 is 2.50 bits per heavy atom. The Kier molecular flexibility index (Phi) is 5.39. The number of hydrogen-bond acceptors (Lipinski definition) is 3. The first-order valence-corrected chi connectivity index (χ1v) is 5.72. The molecule has 4 N–H and O–H groups in total. The van der Waals surface area contributed by atoms with Crippen LogP contribution < -0.4 is 10.6 Å². The van der Waals surface area contributed by atoms with E-state index in [9.17, 15) is 18.4 Å². The molecule has 0 heterocycles. The van der Waals surface area contributed by atoms with Gasteiger partial charge in [-0.25, -0.2) is 18.4 Å².